The number of nitrogens with one attached hydrogen (secondary N) is 1. The number of alkyl halides is 3. The zero-order valence-corrected chi connectivity index (χ0v) is 12.9. The number of hydrogen-bond acceptors (Lipinski definition) is 2. The van der Waals surface area contributed by atoms with E-state index in [1.54, 1.807) is 0 Å². The van der Waals surface area contributed by atoms with Gasteiger partial charge in [-0.15, -0.1) is 13.2 Å². The molecule has 122 valence electrons. The smallest absolute Gasteiger partial charge is 0.406 e. The molecule has 0 unspecified atom stereocenters. The number of halogens is 3. The first kappa shape index (κ1) is 16.9. The Morgan fingerprint density at radius 1 is 1.00 bits per heavy atom. The summed E-state index contributed by atoms with van der Waals surface area (Å²) in [4.78, 5) is 12.2. The Labute approximate surface area is 132 Å². The number of hydrogen-bond donors (Lipinski definition) is 1. The van der Waals surface area contributed by atoms with Crippen molar-refractivity contribution in [2.45, 2.75) is 27.1 Å². The van der Waals surface area contributed by atoms with Gasteiger partial charge in [-0.25, -0.2) is 0 Å². The van der Waals surface area contributed by atoms with Crippen molar-refractivity contribution in [2.24, 2.45) is 0 Å². The van der Waals surface area contributed by atoms with Crippen LogP contribution in [0.25, 0.3) is 0 Å². The fourth-order valence-corrected chi connectivity index (χ4v) is 2.37. The molecule has 0 bridgehead atoms. The molecule has 2 aromatic carbocycles. The van der Waals surface area contributed by atoms with Crippen LogP contribution in [-0.4, -0.2) is 12.3 Å². The maximum atomic E-state index is 12.2. The summed E-state index contributed by atoms with van der Waals surface area (Å²) in [7, 11) is 0. The average molecular weight is 323 g/mol. The minimum Gasteiger partial charge on any atom is -0.406 e. The van der Waals surface area contributed by atoms with Gasteiger partial charge in [-0.3, -0.25) is 4.79 Å². The molecule has 0 saturated carbocycles. The molecule has 0 fully saturated rings. The highest BCUT2D eigenvalue weighted by Gasteiger charge is 2.31. The third-order valence-electron chi connectivity index (χ3n) is 3.27. The van der Waals surface area contributed by atoms with E-state index in [1.165, 1.54) is 12.1 Å². The van der Waals surface area contributed by atoms with Gasteiger partial charge in [0.05, 0.1) is 0 Å². The molecule has 0 aliphatic carbocycles. The molecule has 6 heteroatoms. The molecule has 23 heavy (non-hydrogen) atoms. The fourth-order valence-electron chi connectivity index (χ4n) is 2.37. The molecule has 0 aliphatic heterocycles. The van der Waals surface area contributed by atoms with Crippen LogP contribution >= 0.6 is 0 Å². The van der Waals surface area contributed by atoms with E-state index < -0.39 is 12.3 Å². The summed E-state index contributed by atoms with van der Waals surface area (Å²) in [5.41, 5.74) is 3.89. The molecular formula is C17H16F3NO2. The third kappa shape index (κ3) is 4.48. The average Bonchev–Trinajstić information content (AvgIpc) is 2.41. The van der Waals surface area contributed by atoms with Crippen molar-refractivity contribution in [1.82, 2.24) is 0 Å². The van der Waals surface area contributed by atoms with E-state index in [-0.39, 0.29) is 11.3 Å². The van der Waals surface area contributed by atoms with Crippen molar-refractivity contribution < 1.29 is 22.7 Å². The molecule has 0 aliphatic rings. The Morgan fingerprint density at radius 2 is 1.52 bits per heavy atom. The van der Waals surface area contributed by atoms with E-state index >= 15 is 0 Å². The Kier molecular flexibility index (Phi) is 4.63. The van der Waals surface area contributed by atoms with Crippen LogP contribution in [-0.2, 0) is 0 Å². The number of carbonyl (C=O) groups is 1. The van der Waals surface area contributed by atoms with E-state index in [1.807, 2.05) is 32.9 Å². The highest BCUT2D eigenvalue weighted by atomic mass is 19.4. The van der Waals surface area contributed by atoms with Crippen molar-refractivity contribution in [3.05, 3.63) is 58.7 Å². The second kappa shape index (κ2) is 6.32. The molecule has 0 spiro atoms. The molecule has 1 amide bonds. The molecular weight excluding hydrogens is 307 g/mol. The summed E-state index contributed by atoms with van der Waals surface area (Å²) in [5.74, 6) is -0.754. The molecule has 3 nitrogen and oxygen atoms in total. The normalized spacial score (nSPS) is 11.2. The van der Waals surface area contributed by atoms with E-state index in [0.717, 1.165) is 28.8 Å². The first-order valence-corrected chi connectivity index (χ1v) is 6.91. The number of ether oxygens (including phenoxy) is 1. The third-order valence-corrected chi connectivity index (χ3v) is 3.27. The SMILES string of the molecule is Cc1cc(C)c(NC(=O)c2ccc(OC(F)(F)F)cc2)c(C)c1. The number of rotatable bonds is 3. The second-order valence-electron chi connectivity index (χ2n) is 5.30. The van der Waals surface area contributed by atoms with Gasteiger partial charge in [0.25, 0.3) is 5.91 Å². The zero-order chi connectivity index (χ0) is 17.2. The van der Waals surface area contributed by atoms with Crippen LogP contribution in [0.5, 0.6) is 5.75 Å². The minimum absolute atomic E-state index is 0.249. The summed E-state index contributed by atoms with van der Waals surface area (Å²) in [5, 5.41) is 2.79. The van der Waals surface area contributed by atoms with Crippen LogP contribution in [0.4, 0.5) is 18.9 Å². The molecule has 1 N–H and O–H groups in total. The topological polar surface area (TPSA) is 38.3 Å². The van der Waals surface area contributed by atoms with Gasteiger partial charge in [0.2, 0.25) is 0 Å². The molecule has 2 aromatic rings. The fraction of sp³-hybridized carbons (Fsp3) is 0.235. The van der Waals surface area contributed by atoms with E-state index in [0.29, 0.717) is 5.69 Å². The molecule has 0 heterocycles. The lowest BCUT2D eigenvalue weighted by Gasteiger charge is -2.13. The van der Waals surface area contributed by atoms with Crippen molar-refractivity contribution in [1.29, 1.82) is 0 Å². The maximum Gasteiger partial charge on any atom is 0.573 e. The summed E-state index contributed by atoms with van der Waals surface area (Å²) in [6, 6.07) is 8.69. The van der Waals surface area contributed by atoms with Crippen molar-refractivity contribution in [3.63, 3.8) is 0 Å². The lowest BCUT2D eigenvalue weighted by atomic mass is 10.0. The quantitative estimate of drug-likeness (QED) is 0.884. The van der Waals surface area contributed by atoms with Crippen LogP contribution in [0.15, 0.2) is 36.4 Å². The largest absolute Gasteiger partial charge is 0.573 e. The number of aryl methyl sites for hydroxylation is 3. The minimum atomic E-state index is -4.75. The maximum absolute atomic E-state index is 12.2. The number of carbonyl (C=O) groups excluding carboxylic acids is 1. The van der Waals surface area contributed by atoms with Gasteiger partial charge in [-0.2, -0.15) is 0 Å². The Hall–Kier alpha value is -2.50. The van der Waals surface area contributed by atoms with Crippen LogP contribution < -0.4 is 10.1 Å². The molecule has 0 atom stereocenters. The molecule has 2 rings (SSSR count). The number of benzene rings is 2. The van der Waals surface area contributed by atoms with Gasteiger partial charge in [0.1, 0.15) is 5.75 Å². The molecule has 0 radical (unpaired) electrons. The van der Waals surface area contributed by atoms with Crippen molar-refractivity contribution in [2.75, 3.05) is 5.32 Å². The monoisotopic (exact) mass is 323 g/mol. The van der Waals surface area contributed by atoms with Crippen molar-refractivity contribution in [3.8, 4) is 5.75 Å². The number of amides is 1. The van der Waals surface area contributed by atoms with Crippen LogP contribution in [0, 0.1) is 20.8 Å². The van der Waals surface area contributed by atoms with Crippen molar-refractivity contribution >= 4 is 11.6 Å². The second-order valence-corrected chi connectivity index (χ2v) is 5.30. The highest BCUT2D eigenvalue weighted by molar-refractivity contribution is 6.05. The van der Waals surface area contributed by atoms with Gasteiger partial charge in [0.15, 0.2) is 0 Å². The summed E-state index contributed by atoms with van der Waals surface area (Å²) in [6.45, 7) is 5.73. The van der Waals surface area contributed by atoms with Crippen LogP contribution in [0.2, 0.25) is 0 Å². The first-order chi connectivity index (χ1) is 10.7. The van der Waals surface area contributed by atoms with Gasteiger partial charge in [-0.05, 0) is 56.2 Å². The Bertz CT molecular complexity index is 699. The van der Waals surface area contributed by atoms with E-state index in [9.17, 15) is 18.0 Å². The standard InChI is InChI=1S/C17H16F3NO2/c1-10-8-11(2)15(12(3)9-10)21-16(22)13-4-6-14(7-5-13)23-17(18,19)20/h4-9H,1-3H3,(H,21,22). The van der Waals surface area contributed by atoms with Crippen LogP contribution in [0.1, 0.15) is 27.0 Å². The summed E-state index contributed by atoms with van der Waals surface area (Å²) in [6.07, 6.45) is -4.75. The highest BCUT2D eigenvalue weighted by Crippen LogP contribution is 2.25. The Balaban J connectivity index is 2.16. The lowest BCUT2D eigenvalue weighted by Crippen LogP contribution is -2.17. The molecule has 0 aromatic heterocycles. The lowest BCUT2D eigenvalue weighted by molar-refractivity contribution is -0.274. The number of anilines is 1. The zero-order valence-electron chi connectivity index (χ0n) is 12.9. The predicted octanol–water partition coefficient (Wildman–Crippen LogP) is 4.76. The predicted molar refractivity (Wildman–Crippen MR) is 81.7 cm³/mol. The van der Waals surface area contributed by atoms with Crippen LogP contribution in [0.3, 0.4) is 0 Å². The van der Waals surface area contributed by atoms with E-state index in [4.69, 9.17) is 0 Å². The van der Waals surface area contributed by atoms with Gasteiger partial charge in [0, 0.05) is 11.3 Å². The van der Waals surface area contributed by atoms with Gasteiger partial charge in [-0.1, -0.05) is 17.7 Å². The van der Waals surface area contributed by atoms with E-state index in [2.05, 4.69) is 10.1 Å². The molecule has 0 saturated heterocycles. The Morgan fingerprint density at radius 3 is 2.00 bits per heavy atom. The van der Waals surface area contributed by atoms with Gasteiger partial charge >= 0.3 is 6.36 Å². The summed E-state index contributed by atoms with van der Waals surface area (Å²) < 4.78 is 40.1. The first-order valence-electron chi connectivity index (χ1n) is 6.91. The van der Waals surface area contributed by atoms with Gasteiger partial charge < -0.3 is 10.1 Å². The summed E-state index contributed by atoms with van der Waals surface area (Å²) >= 11 is 0.